The molecule has 0 amide bonds. The van der Waals surface area contributed by atoms with Gasteiger partial charge in [0.2, 0.25) is 0 Å². The van der Waals surface area contributed by atoms with Crippen molar-refractivity contribution in [3.8, 4) is 0 Å². The molecule has 0 aliphatic carbocycles. The van der Waals surface area contributed by atoms with Gasteiger partial charge in [-0.3, -0.25) is 10.1 Å². The van der Waals surface area contributed by atoms with E-state index in [4.69, 9.17) is 17.3 Å². The number of hydrogen-bond acceptors (Lipinski definition) is 4. The Kier molecular flexibility index (Phi) is 4.32. The summed E-state index contributed by atoms with van der Waals surface area (Å²) < 4.78 is 0. The third-order valence-electron chi connectivity index (χ3n) is 2.77. The Morgan fingerprint density at radius 2 is 2.00 bits per heavy atom. The summed E-state index contributed by atoms with van der Waals surface area (Å²) in [6, 6.07) is 3.30. The molecule has 0 heterocycles. The zero-order valence-corrected chi connectivity index (χ0v) is 11.3. The van der Waals surface area contributed by atoms with Gasteiger partial charge in [0.1, 0.15) is 0 Å². The molecule has 1 aromatic rings. The van der Waals surface area contributed by atoms with Crippen LogP contribution in [0.25, 0.3) is 0 Å². The van der Waals surface area contributed by atoms with Crippen molar-refractivity contribution in [1.29, 1.82) is 0 Å². The Hall–Kier alpha value is -1.17. The number of rotatable bonds is 3. The Morgan fingerprint density at radius 1 is 1.44 bits per heavy atom. The molecule has 0 saturated carbocycles. The maximum atomic E-state index is 10.9. The van der Waals surface area contributed by atoms with Gasteiger partial charge < -0.3 is 10.8 Å². The van der Waals surface area contributed by atoms with Gasteiger partial charge in [0.15, 0.2) is 0 Å². The summed E-state index contributed by atoms with van der Waals surface area (Å²) in [6.07, 6.45) is -0.908. The highest BCUT2D eigenvalue weighted by Gasteiger charge is 2.32. The fraction of sp³-hybridized carbons (Fsp3) is 0.500. The third-order valence-corrected chi connectivity index (χ3v) is 3.01. The van der Waals surface area contributed by atoms with Crippen LogP contribution < -0.4 is 5.73 Å². The molecular weight excluding hydrogens is 256 g/mol. The molecule has 1 rings (SSSR count). The molecule has 18 heavy (non-hydrogen) atoms. The molecule has 0 fully saturated rings. The summed E-state index contributed by atoms with van der Waals surface area (Å²) in [4.78, 5) is 10.4. The van der Waals surface area contributed by atoms with Crippen molar-refractivity contribution in [3.63, 3.8) is 0 Å². The Bertz CT molecular complexity index is 457. The predicted octanol–water partition coefficient (Wildman–Crippen LogP) is 2.66. The summed E-state index contributed by atoms with van der Waals surface area (Å²) in [5.74, 6) is 0. The van der Waals surface area contributed by atoms with Crippen molar-refractivity contribution in [2.75, 3.05) is 0 Å². The smallest absolute Gasteiger partial charge is 0.274 e. The monoisotopic (exact) mass is 272 g/mol. The van der Waals surface area contributed by atoms with Crippen molar-refractivity contribution >= 4 is 17.3 Å². The molecule has 0 radical (unpaired) electrons. The van der Waals surface area contributed by atoms with E-state index in [2.05, 4.69) is 0 Å². The summed E-state index contributed by atoms with van der Waals surface area (Å²) in [6.45, 7) is 5.44. The minimum absolute atomic E-state index is 0.129. The van der Waals surface area contributed by atoms with Gasteiger partial charge in [0.25, 0.3) is 5.69 Å². The van der Waals surface area contributed by atoms with Gasteiger partial charge in [-0.1, -0.05) is 32.4 Å². The van der Waals surface area contributed by atoms with Crippen LogP contribution in [0.3, 0.4) is 0 Å². The molecule has 0 aromatic heterocycles. The van der Waals surface area contributed by atoms with Crippen LogP contribution in [0.1, 0.15) is 32.4 Å². The van der Waals surface area contributed by atoms with E-state index in [-0.39, 0.29) is 11.3 Å². The van der Waals surface area contributed by atoms with Gasteiger partial charge in [-0.05, 0) is 17.5 Å². The van der Waals surface area contributed by atoms with Gasteiger partial charge in [0, 0.05) is 11.1 Å². The van der Waals surface area contributed by atoms with E-state index in [0.29, 0.717) is 5.02 Å². The molecule has 0 spiro atoms. The molecule has 100 valence electrons. The minimum Gasteiger partial charge on any atom is -0.391 e. The normalized spacial score (nSPS) is 15.2. The molecule has 2 atom stereocenters. The highest BCUT2D eigenvalue weighted by Crippen LogP contribution is 2.34. The van der Waals surface area contributed by atoms with E-state index < -0.39 is 22.5 Å². The van der Waals surface area contributed by atoms with Crippen LogP contribution >= 0.6 is 11.6 Å². The fourth-order valence-electron chi connectivity index (χ4n) is 1.67. The quantitative estimate of drug-likeness (QED) is 0.654. The molecule has 6 heteroatoms. The number of hydrogen-bond donors (Lipinski definition) is 2. The van der Waals surface area contributed by atoms with E-state index in [1.54, 1.807) is 0 Å². The van der Waals surface area contributed by atoms with Crippen LogP contribution in [-0.2, 0) is 0 Å². The van der Waals surface area contributed by atoms with Crippen LogP contribution in [0.15, 0.2) is 18.2 Å². The Balaban J connectivity index is 3.23. The van der Waals surface area contributed by atoms with Crippen LogP contribution in [0, 0.1) is 15.5 Å². The van der Waals surface area contributed by atoms with E-state index in [9.17, 15) is 15.2 Å². The first-order chi connectivity index (χ1) is 8.14. The van der Waals surface area contributed by atoms with Gasteiger partial charge >= 0.3 is 0 Å². The maximum Gasteiger partial charge on any atom is 0.274 e. The molecule has 0 aliphatic heterocycles. The van der Waals surface area contributed by atoms with Crippen molar-refractivity contribution in [2.24, 2.45) is 11.1 Å². The summed E-state index contributed by atoms with van der Waals surface area (Å²) in [7, 11) is 0. The zero-order valence-electron chi connectivity index (χ0n) is 10.6. The second kappa shape index (κ2) is 5.22. The lowest BCUT2D eigenvalue weighted by atomic mass is 9.82. The van der Waals surface area contributed by atoms with Gasteiger partial charge in [-0.15, -0.1) is 0 Å². The van der Waals surface area contributed by atoms with Crippen molar-refractivity contribution < 1.29 is 10.0 Å². The van der Waals surface area contributed by atoms with Crippen LogP contribution in [0.5, 0.6) is 0 Å². The van der Waals surface area contributed by atoms with E-state index in [0.717, 1.165) is 0 Å². The Labute approximate surface area is 111 Å². The first kappa shape index (κ1) is 14.9. The third kappa shape index (κ3) is 3.19. The number of halogens is 1. The maximum absolute atomic E-state index is 10.9. The second-order valence-electron chi connectivity index (χ2n) is 5.30. The van der Waals surface area contributed by atoms with E-state index in [1.807, 2.05) is 20.8 Å². The average molecular weight is 273 g/mol. The topological polar surface area (TPSA) is 89.4 Å². The number of nitro groups is 1. The summed E-state index contributed by atoms with van der Waals surface area (Å²) >= 11 is 5.82. The van der Waals surface area contributed by atoms with Gasteiger partial charge in [-0.25, -0.2) is 0 Å². The van der Waals surface area contributed by atoms with Crippen LogP contribution in [0.4, 0.5) is 5.69 Å². The lowest BCUT2D eigenvalue weighted by molar-refractivity contribution is -0.385. The number of benzene rings is 1. The van der Waals surface area contributed by atoms with Gasteiger partial charge in [0.05, 0.1) is 22.6 Å². The molecule has 1 aromatic carbocycles. The molecular formula is C12H17ClN2O3. The van der Waals surface area contributed by atoms with Crippen LogP contribution in [-0.4, -0.2) is 16.1 Å². The Morgan fingerprint density at radius 3 is 2.44 bits per heavy atom. The number of aliphatic hydroxyl groups excluding tert-OH is 1. The van der Waals surface area contributed by atoms with Gasteiger partial charge in [-0.2, -0.15) is 0 Å². The van der Waals surface area contributed by atoms with Crippen molar-refractivity contribution in [2.45, 2.75) is 32.9 Å². The van der Waals surface area contributed by atoms with Crippen molar-refractivity contribution in [3.05, 3.63) is 38.9 Å². The standard InChI is InChI=1S/C12H17ClN2O3/c1-12(2,3)11(16)10(14)8-6-7(13)4-5-9(8)15(17)18/h4-6,10-11,16H,14H2,1-3H3/t10-,11-/m0/s1. The highest BCUT2D eigenvalue weighted by molar-refractivity contribution is 6.30. The van der Waals surface area contributed by atoms with Crippen molar-refractivity contribution in [1.82, 2.24) is 0 Å². The SMILES string of the molecule is CC(C)(C)[C@@H](O)[C@@H](N)c1cc(Cl)ccc1[N+](=O)[O-]. The molecule has 3 N–H and O–H groups in total. The fourth-order valence-corrected chi connectivity index (χ4v) is 1.85. The average Bonchev–Trinajstić information content (AvgIpc) is 2.25. The minimum atomic E-state index is -0.908. The second-order valence-corrected chi connectivity index (χ2v) is 5.73. The molecule has 0 bridgehead atoms. The largest absolute Gasteiger partial charge is 0.391 e. The summed E-state index contributed by atoms with van der Waals surface area (Å²) in [5, 5.41) is 21.4. The first-order valence-corrected chi connectivity index (χ1v) is 5.90. The molecule has 0 unspecified atom stereocenters. The molecule has 0 saturated heterocycles. The number of nitrogens with two attached hydrogens (primary N) is 1. The highest BCUT2D eigenvalue weighted by atomic mass is 35.5. The molecule has 0 aliphatic rings. The number of aliphatic hydroxyl groups is 1. The van der Waals surface area contributed by atoms with E-state index in [1.165, 1.54) is 18.2 Å². The predicted molar refractivity (Wildman–Crippen MR) is 70.5 cm³/mol. The zero-order chi connectivity index (χ0) is 14.1. The molecule has 5 nitrogen and oxygen atoms in total. The first-order valence-electron chi connectivity index (χ1n) is 5.52. The summed E-state index contributed by atoms with van der Waals surface area (Å²) in [5.41, 5.74) is 5.56. The number of nitro benzene ring substituents is 1. The lowest BCUT2D eigenvalue weighted by Crippen LogP contribution is -2.37. The van der Waals surface area contributed by atoms with E-state index >= 15 is 0 Å². The number of nitrogens with zero attached hydrogens (tertiary/aromatic N) is 1. The lowest BCUT2D eigenvalue weighted by Gasteiger charge is -2.30. The van der Waals surface area contributed by atoms with Crippen LogP contribution in [0.2, 0.25) is 5.02 Å².